The van der Waals surface area contributed by atoms with Crippen LogP contribution >= 0.6 is 0 Å². The topological polar surface area (TPSA) is 49.4 Å². The molecule has 0 aromatic heterocycles. The molecular formula is C10H14N2O2. The highest BCUT2D eigenvalue weighted by Gasteiger charge is 2.36. The first-order chi connectivity index (χ1) is 6.70. The van der Waals surface area contributed by atoms with E-state index in [1.54, 1.807) is 0 Å². The molecule has 1 unspecified atom stereocenters. The molecule has 1 saturated heterocycles. The lowest BCUT2D eigenvalue weighted by atomic mass is 10.2. The monoisotopic (exact) mass is 194 g/mol. The summed E-state index contributed by atoms with van der Waals surface area (Å²) >= 11 is 0. The van der Waals surface area contributed by atoms with Crippen LogP contribution in [-0.2, 0) is 4.79 Å². The smallest absolute Gasteiger partial charge is 0.324 e. The number of rotatable bonds is 4. The number of urea groups is 1. The minimum absolute atomic E-state index is 0.193. The minimum Gasteiger partial charge on any atom is -0.325 e. The van der Waals surface area contributed by atoms with Gasteiger partial charge in [-0.2, -0.15) is 0 Å². The van der Waals surface area contributed by atoms with Crippen molar-refractivity contribution in [2.24, 2.45) is 0 Å². The van der Waals surface area contributed by atoms with Gasteiger partial charge in [0, 0.05) is 13.0 Å². The van der Waals surface area contributed by atoms with Crippen LogP contribution in [0.4, 0.5) is 4.79 Å². The number of terminal acetylenes is 1. The highest BCUT2D eigenvalue weighted by atomic mass is 16.2. The third-order valence-electron chi connectivity index (χ3n) is 2.16. The van der Waals surface area contributed by atoms with Gasteiger partial charge in [-0.1, -0.05) is 13.3 Å². The van der Waals surface area contributed by atoms with Crippen molar-refractivity contribution >= 4 is 11.9 Å². The molecule has 0 bridgehead atoms. The van der Waals surface area contributed by atoms with E-state index in [9.17, 15) is 9.59 Å². The van der Waals surface area contributed by atoms with E-state index in [-0.39, 0.29) is 18.4 Å². The van der Waals surface area contributed by atoms with Crippen LogP contribution in [0.5, 0.6) is 0 Å². The molecule has 0 radical (unpaired) electrons. The fraction of sp³-hybridized carbons (Fsp3) is 0.600. The number of nitrogens with zero attached hydrogens (tertiary/aromatic N) is 1. The molecule has 0 aliphatic carbocycles. The minimum atomic E-state index is -0.510. The van der Waals surface area contributed by atoms with Crippen molar-refractivity contribution < 1.29 is 9.59 Å². The molecule has 4 nitrogen and oxygen atoms in total. The Balaban J connectivity index is 2.57. The zero-order chi connectivity index (χ0) is 10.6. The van der Waals surface area contributed by atoms with Gasteiger partial charge in [-0.05, 0) is 6.42 Å². The van der Waals surface area contributed by atoms with Gasteiger partial charge in [-0.15, -0.1) is 12.3 Å². The maximum absolute atomic E-state index is 11.6. The summed E-state index contributed by atoms with van der Waals surface area (Å²) in [6, 6.07) is -0.826. The standard InChI is InChI=1S/C10H14N2O2/c1-3-5-7-12-9(13)8(6-4-2)11-10(12)14/h2,8H,3,5-7H2,1H3,(H,11,14). The lowest BCUT2D eigenvalue weighted by Crippen LogP contribution is -2.32. The van der Waals surface area contributed by atoms with E-state index in [0.717, 1.165) is 12.8 Å². The van der Waals surface area contributed by atoms with Gasteiger partial charge in [-0.3, -0.25) is 9.69 Å². The van der Waals surface area contributed by atoms with Gasteiger partial charge in [0.2, 0.25) is 0 Å². The summed E-state index contributed by atoms with van der Waals surface area (Å²) in [4.78, 5) is 24.1. The third-order valence-corrected chi connectivity index (χ3v) is 2.16. The van der Waals surface area contributed by atoms with Crippen LogP contribution in [0.2, 0.25) is 0 Å². The molecule has 0 spiro atoms. The number of carbonyl (C=O) groups is 2. The van der Waals surface area contributed by atoms with Gasteiger partial charge in [0.1, 0.15) is 6.04 Å². The molecule has 0 aromatic carbocycles. The Morgan fingerprint density at radius 1 is 1.57 bits per heavy atom. The molecular weight excluding hydrogens is 180 g/mol. The van der Waals surface area contributed by atoms with E-state index in [1.807, 2.05) is 6.92 Å². The SMILES string of the molecule is C#CCC1NC(=O)N(CCCC)C1=O. The highest BCUT2D eigenvalue weighted by molar-refractivity contribution is 6.04. The van der Waals surface area contributed by atoms with Crippen molar-refractivity contribution in [3.63, 3.8) is 0 Å². The van der Waals surface area contributed by atoms with Crippen LogP contribution in [0.25, 0.3) is 0 Å². The molecule has 1 aliphatic rings. The average molecular weight is 194 g/mol. The van der Waals surface area contributed by atoms with Gasteiger partial charge in [-0.25, -0.2) is 4.79 Å². The molecule has 0 aromatic rings. The van der Waals surface area contributed by atoms with Crippen LogP contribution in [0.3, 0.4) is 0 Å². The normalized spacial score (nSPS) is 20.9. The Labute approximate surface area is 83.6 Å². The first-order valence-corrected chi connectivity index (χ1v) is 4.76. The van der Waals surface area contributed by atoms with Crippen LogP contribution in [0.1, 0.15) is 26.2 Å². The second kappa shape index (κ2) is 4.66. The first-order valence-electron chi connectivity index (χ1n) is 4.76. The summed E-state index contributed by atoms with van der Waals surface area (Å²) in [6.07, 6.45) is 7.15. The van der Waals surface area contributed by atoms with E-state index in [4.69, 9.17) is 6.42 Å². The Morgan fingerprint density at radius 3 is 2.86 bits per heavy atom. The van der Waals surface area contributed by atoms with Crippen molar-refractivity contribution in [1.82, 2.24) is 10.2 Å². The number of unbranched alkanes of at least 4 members (excludes halogenated alkanes) is 1. The second-order valence-electron chi connectivity index (χ2n) is 3.25. The lowest BCUT2D eigenvalue weighted by Gasteiger charge is -2.11. The number of carbonyl (C=O) groups excluding carboxylic acids is 2. The molecule has 1 fully saturated rings. The highest BCUT2D eigenvalue weighted by Crippen LogP contribution is 2.09. The quantitative estimate of drug-likeness (QED) is 0.530. The molecule has 76 valence electrons. The molecule has 1 rings (SSSR count). The zero-order valence-electron chi connectivity index (χ0n) is 8.25. The van der Waals surface area contributed by atoms with Crippen LogP contribution in [0.15, 0.2) is 0 Å². The van der Waals surface area contributed by atoms with Gasteiger partial charge in [0.25, 0.3) is 5.91 Å². The summed E-state index contributed by atoms with van der Waals surface area (Å²) in [6.45, 7) is 2.50. The Bertz CT molecular complexity index is 280. The van der Waals surface area contributed by atoms with Crippen molar-refractivity contribution in [2.75, 3.05) is 6.54 Å². The molecule has 1 heterocycles. The third kappa shape index (κ3) is 2.05. The van der Waals surface area contributed by atoms with Crippen LogP contribution in [0, 0.1) is 12.3 Å². The van der Waals surface area contributed by atoms with Crippen LogP contribution in [-0.4, -0.2) is 29.4 Å². The molecule has 1 N–H and O–H groups in total. The largest absolute Gasteiger partial charge is 0.325 e. The zero-order valence-corrected chi connectivity index (χ0v) is 8.25. The maximum atomic E-state index is 11.6. The maximum Gasteiger partial charge on any atom is 0.324 e. The van der Waals surface area contributed by atoms with Crippen molar-refractivity contribution in [1.29, 1.82) is 0 Å². The summed E-state index contributed by atoms with van der Waals surface area (Å²) in [5.74, 6) is 2.18. The Hall–Kier alpha value is -1.50. The molecule has 1 atom stereocenters. The predicted octanol–water partition coefficient (Wildman–Crippen LogP) is 0.730. The van der Waals surface area contributed by atoms with Gasteiger partial charge >= 0.3 is 6.03 Å². The van der Waals surface area contributed by atoms with E-state index >= 15 is 0 Å². The fourth-order valence-electron chi connectivity index (χ4n) is 1.36. The predicted molar refractivity (Wildman–Crippen MR) is 52.4 cm³/mol. The Morgan fingerprint density at radius 2 is 2.29 bits per heavy atom. The number of amides is 3. The summed E-state index contributed by atoms with van der Waals surface area (Å²) < 4.78 is 0. The fourth-order valence-corrected chi connectivity index (χ4v) is 1.36. The van der Waals surface area contributed by atoms with Crippen molar-refractivity contribution in [3.05, 3.63) is 0 Å². The Kier molecular flexibility index (Phi) is 3.52. The number of hydrogen-bond donors (Lipinski definition) is 1. The number of hydrogen-bond acceptors (Lipinski definition) is 2. The second-order valence-corrected chi connectivity index (χ2v) is 3.25. The molecule has 4 heteroatoms. The van der Waals surface area contributed by atoms with E-state index < -0.39 is 6.04 Å². The van der Waals surface area contributed by atoms with E-state index in [0.29, 0.717) is 6.54 Å². The van der Waals surface area contributed by atoms with E-state index in [2.05, 4.69) is 11.2 Å². The molecule has 1 aliphatic heterocycles. The summed E-state index contributed by atoms with van der Waals surface area (Å²) in [5.41, 5.74) is 0. The molecule has 0 saturated carbocycles. The van der Waals surface area contributed by atoms with Gasteiger partial charge in [0.15, 0.2) is 0 Å². The number of nitrogens with one attached hydrogen (secondary N) is 1. The van der Waals surface area contributed by atoms with Crippen LogP contribution < -0.4 is 5.32 Å². The molecule has 3 amide bonds. The molecule has 14 heavy (non-hydrogen) atoms. The van der Waals surface area contributed by atoms with Crippen molar-refractivity contribution in [3.8, 4) is 12.3 Å². The van der Waals surface area contributed by atoms with Gasteiger partial charge in [0.05, 0.1) is 0 Å². The number of imide groups is 1. The van der Waals surface area contributed by atoms with E-state index in [1.165, 1.54) is 4.90 Å². The first kappa shape index (κ1) is 10.6. The average Bonchev–Trinajstić information content (AvgIpc) is 2.41. The van der Waals surface area contributed by atoms with Crippen molar-refractivity contribution in [2.45, 2.75) is 32.2 Å². The summed E-state index contributed by atoms with van der Waals surface area (Å²) in [5, 5.41) is 2.56. The lowest BCUT2D eigenvalue weighted by molar-refractivity contribution is -0.127. The summed E-state index contributed by atoms with van der Waals surface area (Å²) in [7, 11) is 0. The van der Waals surface area contributed by atoms with Gasteiger partial charge < -0.3 is 5.32 Å².